The van der Waals surface area contributed by atoms with Crippen LogP contribution >= 0.6 is 23.1 Å². The van der Waals surface area contributed by atoms with Crippen LogP contribution in [0.1, 0.15) is 39.5 Å². The lowest BCUT2D eigenvalue weighted by Crippen LogP contribution is -2.44. The predicted molar refractivity (Wildman–Crippen MR) is 99.2 cm³/mol. The molecule has 1 amide bonds. The highest BCUT2D eigenvalue weighted by Gasteiger charge is 2.26. The Labute approximate surface area is 151 Å². The van der Waals surface area contributed by atoms with Crippen molar-refractivity contribution in [3.05, 3.63) is 17.5 Å². The number of amides is 1. The minimum absolute atomic E-state index is 0.0967. The summed E-state index contributed by atoms with van der Waals surface area (Å²) in [5.74, 6) is 1.51. The van der Waals surface area contributed by atoms with Gasteiger partial charge in [0.15, 0.2) is 11.0 Å². The molecule has 0 radical (unpaired) electrons. The number of nitrogens with zero attached hydrogens (tertiary/aromatic N) is 3. The van der Waals surface area contributed by atoms with Crippen molar-refractivity contribution in [1.82, 2.24) is 20.1 Å². The normalized spacial score (nSPS) is 22.3. The Hall–Kier alpha value is -1.34. The molecule has 3 atom stereocenters. The molecule has 1 aliphatic carbocycles. The first-order chi connectivity index (χ1) is 11.6. The predicted octanol–water partition coefficient (Wildman–Crippen LogP) is 3.72. The molecule has 0 saturated heterocycles. The van der Waals surface area contributed by atoms with E-state index >= 15 is 0 Å². The average Bonchev–Trinajstić information content (AvgIpc) is 3.20. The van der Waals surface area contributed by atoms with Gasteiger partial charge in [-0.15, -0.1) is 21.5 Å². The number of nitrogens with one attached hydrogen (secondary N) is 1. The molecule has 0 aromatic carbocycles. The molecule has 0 spiro atoms. The molecular formula is C17H24N4OS2. The van der Waals surface area contributed by atoms with Gasteiger partial charge in [-0.3, -0.25) is 4.79 Å². The second-order valence-electron chi connectivity index (χ2n) is 6.48. The van der Waals surface area contributed by atoms with Gasteiger partial charge in [0, 0.05) is 13.1 Å². The monoisotopic (exact) mass is 364 g/mol. The number of aromatic nitrogens is 3. The fraction of sp³-hybridized carbons (Fsp3) is 0.588. The fourth-order valence-electron chi connectivity index (χ4n) is 3.08. The standard InChI is InChI=1S/C17H24N4OS2/c1-11-7-4-5-8-13(11)18-16(22)12(2)24-17-20-19-15(21(17)3)14-9-6-10-23-14/h6,9-13H,4-5,7-8H2,1-3H3,(H,18,22). The number of thioether (sulfide) groups is 1. The van der Waals surface area contributed by atoms with E-state index in [4.69, 9.17) is 0 Å². The van der Waals surface area contributed by atoms with Gasteiger partial charge in [0.2, 0.25) is 5.91 Å². The van der Waals surface area contributed by atoms with Crippen molar-refractivity contribution in [3.63, 3.8) is 0 Å². The molecule has 1 fully saturated rings. The average molecular weight is 365 g/mol. The van der Waals surface area contributed by atoms with Crippen LogP contribution in [0.4, 0.5) is 0 Å². The highest BCUT2D eigenvalue weighted by Crippen LogP contribution is 2.29. The lowest BCUT2D eigenvalue weighted by atomic mass is 9.86. The molecule has 3 rings (SSSR count). The van der Waals surface area contributed by atoms with Gasteiger partial charge in [0.05, 0.1) is 10.1 Å². The lowest BCUT2D eigenvalue weighted by molar-refractivity contribution is -0.121. The summed E-state index contributed by atoms with van der Waals surface area (Å²) in [5.41, 5.74) is 0. The summed E-state index contributed by atoms with van der Waals surface area (Å²) >= 11 is 3.11. The molecule has 1 saturated carbocycles. The molecule has 24 heavy (non-hydrogen) atoms. The van der Waals surface area contributed by atoms with Crippen molar-refractivity contribution in [3.8, 4) is 10.7 Å². The van der Waals surface area contributed by atoms with Gasteiger partial charge in [0.25, 0.3) is 0 Å². The molecule has 130 valence electrons. The molecule has 5 nitrogen and oxygen atoms in total. The Morgan fingerprint density at radius 1 is 1.42 bits per heavy atom. The minimum atomic E-state index is -0.182. The molecule has 1 N–H and O–H groups in total. The molecule has 0 aliphatic heterocycles. The third-order valence-electron chi connectivity index (χ3n) is 4.67. The van der Waals surface area contributed by atoms with Crippen molar-refractivity contribution in [2.24, 2.45) is 13.0 Å². The van der Waals surface area contributed by atoms with Crippen LogP contribution in [0.25, 0.3) is 10.7 Å². The van der Waals surface area contributed by atoms with Crippen LogP contribution in [-0.4, -0.2) is 32.0 Å². The third kappa shape index (κ3) is 3.83. The first-order valence-electron chi connectivity index (χ1n) is 8.46. The summed E-state index contributed by atoms with van der Waals surface area (Å²) in [6, 6.07) is 4.35. The first-order valence-corrected chi connectivity index (χ1v) is 10.2. The molecule has 2 aromatic rings. The zero-order valence-corrected chi connectivity index (χ0v) is 16.0. The van der Waals surface area contributed by atoms with Gasteiger partial charge in [0.1, 0.15) is 0 Å². The van der Waals surface area contributed by atoms with Gasteiger partial charge in [-0.25, -0.2) is 0 Å². The summed E-state index contributed by atoms with van der Waals surface area (Å²) in [4.78, 5) is 13.6. The Bertz CT molecular complexity index is 683. The summed E-state index contributed by atoms with van der Waals surface area (Å²) in [6.07, 6.45) is 4.79. The number of thiophene rings is 1. The van der Waals surface area contributed by atoms with E-state index in [1.54, 1.807) is 11.3 Å². The summed E-state index contributed by atoms with van der Waals surface area (Å²) in [6.45, 7) is 4.17. The quantitative estimate of drug-likeness (QED) is 0.822. The summed E-state index contributed by atoms with van der Waals surface area (Å²) < 4.78 is 1.96. The highest BCUT2D eigenvalue weighted by atomic mass is 32.2. The first kappa shape index (κ1) is 17.5. The zero-order valence-electron chi connectivity index (χ0n) is 14.4. The molecule has 2 aromatic heterocycles. The van der Waals surface area contributed by atoms with E-state index in [2.05, 4.69) is 22.4 Å². The number of carbonyl (C=O) groups is 1. The van der Waals surface area contributed by atoms with E-state index < -0.39 is 0 Å². The van der Waals surface area contributed by atoms with Gasteiger partial charge < -0.3 is 9.88 Å². The maximum Gasteiger partial charge on any atom is 0.233 e. The Morgan fingerprint density at radius 3 is 2.92 bits per heavy atom. The summed E-state index contributed by atoms with van der Waals surface area (Å²) in [5, 5.41) is 14.4. The van der Waals surface area contributed by atoms with Crippen LogP contribution in [0.3, 0.4) is 0 Å². The number of carbonyl (C=O) groups excluding carboxylic acids is 1. The number of rotatable bonds is 5. The van der Waals surface area contributed by atoms with Gasteiger partial charge in [-0.1, -0.05) is 37.6 Å². The van der Waals surface area contributed by atoms with Gasteiger partial charge >= 0.3 is 0 Å². The van der Waals surface area contributed by atoms with Crippen molar-refractivity contribution in [1.29, 1.82) is 0 Å². The summed E-state index contributed by atoms with van der Waals surface area (Å²) in [7, 11) is 1.95. The van der Waals surface area contributed by atoms with Gasteiger partial charge in [-0.2, -0.15) is 0 Å². The molecule has 0 bridgehead atoms. The maximum atomic E-state index is 12.5. The molecule has 7 heteroatoms. The topological polar surface area (TPSA) is 59.8 Å². The second kappa shape index (κ2) is 7.70. The van der Waals surface area contributed by atoms with Crippen molar-refractivity contribution < 1.29 is 4.79 Å². The third-order valence-corrected chi connectivity index (χ3v) is 6.67. The molecule has 2 heterocycles. The van der Waals surface area contributed by atoms with E-state index in [0.717, 1.165) is 22.3 Å². The number of hydrogen-bond acceptors (Lipinski definition) is 5. The van der Waals surface area contributed by atoms with E-state index in [1.165, 1.54) is 31.0 Å². The Kier molecular flexibility index (Phi) is 5.61. The fourth-order valence-corrected chi connectivity index (χ4v) is 4.65. The molecule has 1 aliphatic rings. The van der Waals surface area contributed by atoms with Crippen LogP contribution < -0.4 is 5.32 Å². The van der Waals surface area contributed by atoms with E-state index in [-0.39, 0.29) is 11.2 Å². The van der Waals surface area contributed by atoms with Crippen molar-refractivity contribution in [2.75, 3.05) is 0 Å². The Morgan fingerprint density at radius 2 is 2.21 bits per heavy atom. The van der Waals surface area contributed by atoms with Crippen LogP contribution in [0.15, 0.2) is 22.7 Å². The van der Waals surface area contributed by atoms with Crippen LogP contribution in [0.5, 0.6) is 0 Å². The van der Waals surface area contributed by atoms with Crippen LogP contribution in [-0.2, 0) is 11.8 Å². The largest absolute Gasteiger partial charge is 0.352 e. The van der Waals surface area contributed by atoms with Crippen molar-refractivity contribution >= 4 is 29.0 Å². The Balaban J connectivity index is 1.62. The minimum Gasteiger partial charge on any atom is -0.352 e. The molecular weight excluding hydrogens is 340 g/mol. The highest BCUT2D eigenvalue weighted by molar-refractivity contribution is 8.00. The zero-order chi connectivity index (χ0) is 17.1. The van der Waals surface area contributed by atoms with E-state index in [9.17, 15) is 4.79 Å². The van der Waals surface area contributed by atoms with Crippen molar-refractivity contribution in [2.45, 2.75) is 56.0 Å². The smallest absolute Gasteiger partial charge is 0.233 e. The van der Waals surface area contributed by atoms with Crippen LogP contribution in [0, 0.1) is 5.92 Å². The second-order valence-corrected chi connectivity index (χ2v) is 8.74. The lowest BCUT2D eigenvalue weighted by Gasteiger charge is -2.30. The SMILES string of the molecule is CC(Sc1nnc(-c2cccs2)n1C)C(=O)NC1CCCCC1C. The van der Waals surface area contributed by atoms with E-state index in [0.29, 0.717) is 12.0 Å². The van der Waals surface area contributed by atoms with E-state index in [1.807, 2.05) is 36.1 Å². The number of hydrogen-bond donors (Lipinski definition) is 1. The molecule has 3 unspecified atom stereocenters. The maximum absolute atomic E-state index is 12.5. The van der Waals surface area contributed by atoms with Gasteiger partial charge in [-0.05, 0) is 37.1 Å². The van der Waals surface area contributed by atoms with Crippen LogP contribution in [0.2, 0.25) is 0 Å².